The third-order valence-electron chi connectivity index (χ3n) is 6.43. The SMILES string of the molecule is COc1ccc([C@@H]2CN(C(O)C(O)C=O)C[C@@]2(C)[C@@H](C)O)cc1OCC#Cc1ccccc1. The van der Waals surface area contributed by atoms with Crippen molar-refractivity contribution in [1.82, 2.24) is 4.90 Å². The van der Waals surface area contributed by atoms with Crippen molar-refractivity contribution in [2.24, 2.45) is 5.41 Å². The molecule has 0 spiro atoms. The topological polar surface area (TPSA) is 99.5 Å². The molecular formula is C26H31NO6. The normalized spacial score (nSPS) is 23.2. The summed E-state index contributed by atoms with van der Waals surface area (Å²) in [5, 5.41) is 30.7. The lowest BCUT2D eigenvalue weighted by atomic mass is 9.72. The van der Waals surface area contributed by atoms with Gasteiger partial charge in [-0.3, -0.25) is 4.90 Å². The quantitative estimate of drug-likeness (QED) is 0.414. The van der Waals surface area contributed by atoms with Crippen LogP contribution < -0.4 is 9.47 Å². The number of benzene rings is 2. The molecule has 0 aromatic heterocycles. The van der Waals surface area contributed by atoms with E-state index in [4.69, 9.17) is 9.47 Å². The second kappa shape index (κ2) is 10.8. The van der Waals surface area contributed by atoms with E-state index in [9.17, 15) is 20.1 Å². The maximum absolute atomic E-state index is 11.0. The molecule has 2 aromatic rings. The largest absolute Gasteiger partial charge is 0.493 e. The molecule has 176 valence electrons. The van der Waals surface area contributed by atoms with Crippen molar-refractivity contribution in [3.63, 3.8) is 0 Å². The zero-order valence-electron chi connectivity index (χ0n) is 19.1. The predicted octanol–water partition coefficient (Wildman–Crippen LogP) is 1.79. The second-order valence-electron chi connectivity index (χ2n) is 8.57. The van der Waals surface area contributed by atoms with Crippen LogP contribution in [0.25, 0.3) is 0 Å². The van der Waals surface area contributed by atoms with E-state index in [0.29, 0.717) is 30.9 Å². The Morgan fingerprint density at radius 2 is 1.91 bits per heavy atom. The minimum Gasteiger partial charge on any atom is -0.493 e. The Hall–Kier alpha value is -2.89. The van der Waals surface area contributed by atoms with Crippen LogP contribution in [0.2, 0.25) is 0 Å². The molecule has 2 unspecified atom stereocenters. The minimum absolute atomic E-state index is 0.170. The number of hydrogen-bond acceptors (Lipinski definition) is 7. The molecule has 1 saturated heterocycles. The first-order valence-corrected chi connectivity index (χ1v) is 10.9. The molecule has 3 N–H and O–H groups in total. The number of aliphatic hydroxyl groups excluding tert-OH is 3. The molecule has 0 aliphatic carbocycles. The van der Waals surface area contributed by atoms with E-state index in [1.807, 2.05) is 49.4 Å². The number of aliphatic hydroxyl groups is 3. The Balaban J connectivity index is 1.83. The van der Waals surface area contributed by atoms with E-state index >= 15 is 0 Å². The van der Waals surface area contributed by atoms with Crippen LogP contribution >= 0.6 is 0 Å². The zero-order chi connectivity index (χ0) is 24.0. The maximum atomic E-state index is 11.0. The third kappa shape index (κ3) is 5.55. The van der Waals surface area contributed by atoms with Crippen LogP contribution in [0.15, 0.2) is 48.5 Å². The summed E-state index contributed by atoms with van der Waals surface area (Å²) in [5.41, 5.74) is 1.17. The lowest BCUT2D eigenvalue weighted by molar-refractivity contribution is -0.130. The van der Waals surface area contributed by atoms with E-state index in [1.54, 1.807) is 25.0 Å². The molecule has 33 heavy (non-hydrogen) atoms. The van der Waals surface area contributed by atoms with Gasteiger partial charge in [0.15, 0.2) is 17.8 Å². The van der Waals surface area contributed by atoms with Gasteiger partial charge in [-0.2, -0.15) is 0 Å². The van der Waals surface area contributed by atoms with Crippen molar-refractivity contribution in [3.8, 4) is 23.3 Å². The van der Waals surface area contributed by atoms with Crippen LogP contribution in [0.3, 0.4) is 0 Å². The zero-order valence-corrected chi connectivity index (χ0v) is 19.1. The fourth-order valence-electron chi connectivity index (χ4n) is 4.25. The lowest BCUT2D eigenvalue weighted by Gasteiger charge is -2.34. The summed E-state index contributed by atoms with van der Waals surface area (Å²) in [6.45, 7) is 4.47. The summed E-state index contributed by atoms with van der Waals surface area (Å²) in [6, 6.07) is 15.2. The maximum Gasteiger partial charge on any atom is 0.162 e. The molecule has 1 heterocycles. The predicted molar refractivity (Wildman–Crippen MR) is 124 cm³/mol. The molecule has 7 heteroatoms. The summed E-state index contributed by atoms with van der Waals surface area (Å²) in [5.74, 6) is 6.95. The average molecular weight is 454 g/mol. The van der Waals surface area contributed by atoms with Crippen molar-refractivity contribution >= 4 is 6.29 Å². The van der Waals surface area contributed by atoms with Crippen LogP contribution in [0, 0.1) is 17.3 Å². The van der Waals surface area contributed by atoms with Crippen LogP contribution in [-0.4, -0.2) is 71.7 Å². The Labute approximate surface area is 194 Å². The van der Waals surface area contributed by atoms with Crippen LogP contribution in [0.5, 0.6) is 11.5 Å². The monoisotopic (exact) mass is 453 g/mol. The highest BCUT2D eigenvalue weighted by Gasteiger charge is 2.49. The Bertz CT molecular complexity index is 999. The first-order chi connectivity index (χ1) is 15.8. The number of carbonyl (C=O) groups excluding carboxylic acids is 1. The van der Waals surface area contributed by atoms with E-state index in [1.165, 1.54) is 0 Å². The van der Waals surface area contributed by atoms with Gasteiger partial charge in [-0.25, -0.2) is 0 Å². The summed E-state index contributed by atoms with van der Waals surface area (Å²) in [4.78, 5) is 12.6. The van der Waals surface area contributed by atoms with E-state index in [0.717, 1.165) is 11.1 Å². The fourth-order valence-corrected chi connectivity index (χ4v) is 4.25. The first kappa shape index (κ1) is 24.7. The molecule has 3 rings (SSSR count). The van der Waals surface area contributed by atoms with Crippen molar-refractivity contribution in [3.05, 3.63) is 59.7 Å². The number of methoxy groups -OCH3 is 1. The molecule has 0 radical (unpaired) electrons. The van der Waals surface area contributed by atoms with Gasteiger partial charge in [0.25, 0.3) is 0 Å². The number of hydrogen-bond donors (Lipinski definition) is 3. The Morgan fingerprint density at radius 1 is 1.18 bits per heavy atom. The molecule has 0 saturated carbocycles. The van der Waals surface area contributed by atoms with Crippen LogP contribution in [0.1, 0.15) is 30.9 Å². The van der Waals surface area contributed by atoms with Crippen LogP contribution in [0.4, 0.5) is 0 Å². The van der Waals surface area contributed by atoms with Crippen molar-refractivity contribution in [2.75, 3.05) is 26.8 Å². The highest BCUT2D eigenvalue weighted by molar-refractivity contribution is 5.56. The minimum atomic E-state index is -1.51. The van der Waals surface area contributed by atoms with Gasteiger partial charge < -0.3 is 29.6 Å². The Kier molecular flexibility index (Phi) is 8.11. The second-order valence-corrected chi connectivity index (χ2v) is 8.57. The van der Waals surface area contributed by atoms with Gasteiger partial charge in [0.2, 0.25) is 0 Å². The van der Waals surface area contributed by atoms with E-state index in [2.05, 4.69) is 11.8 Å². The smallest absolute Gasteiger partial charge is 0.162 e. The van der Waals surface area contributed by atoms with Crippen LogP contribution in [-0.2, 0) is 4.79 Å². The van der Waals surface area contributed by atoms with Crippen molar-refractivity contribution in [1.29, 1.82) is 0 Å². The van der Waals surface area contributed by atoms with Gasteiger partial charge in [-0.15, -0.1) is 0 Å². The first-order valence-electron chi connectivity index (χ1n) is 10.9. The molecule has 1 fully saturated rings. The molecular weight excluding hydrogens is 422 g/mol. The van der Waals surface area contributed by atoms with Gasteiger partial charge in [0.05, 0.1) is 13.2 Å². The molecule has 7 nitrogen and oxygen atoms in total. The van der Waals surface area contributed by atoms with Gasteiger partial charge in [-0.05, 0) is 36.8 Å². The molecule has 0 amide bonds. The number of rotatable bonds is 8. The lowest BCUT2D eigenvalue weighted by Crippen LogP contribution is -2.45. The van der Waals surface area contributed by atoms with E-state index < -0.39 is 23.9 Å². The fraction of sp³-hybridized carbons (Fsp3) is 0.423. The number of aldehydes is 1. The summed E-state index contributed by atoms with van der Waals surface area (Å²) in [6.07, 6.45) is -3.24. The van der Waals surface area contributed by atoms with Crippen molar-refractivity contribution in [2.45, 2.75) is 38.2 Å². The number of nitrogens with zero attached hydrogens (tertiary/aromatic N) is 1. The average Bonchev–Trinajstić information content (AvgIpc) is 3.20. The third-order valence-corrected chi connectivity index (χ3v) is 6.43. The molecule has 1 aliphatic rings. The van der Waals surface area contributed by atoms with Crippen molar-refractivity contribution < 1.29 is 29.6 Å². The van der Waals surface area contributed by atoms with Gasteiger partial charge >= 0.3 is 0 Å². The number of carbonyl (C=O) groups is 1. The highest BCUT2D eigenvalue weighted by Crippen LogP contribution is 2.47. The van der Waals surface area contributed by atoms with Gasteiger partial charge in [0.1, 0.15) is 18.9 Å². The summed E-state index contributed by atoms with van der Waals surface area (Å²) in [7, 11) is 1.56. The standard InChI is InChI=1S/C26H31NO6/c1-18(29)26(2)17-27(25(31)22(30)16-28)15-21(26)20-11-12-23(32-3)24(14-20)33-13-7-10-19-8-5-4-6-9-19/h4-6,8-9,11-12,14,16,18,21-22,25,29-31H,13,15,17H2,1-3H3/t18-,21+,22?,25?,26+/m1/s1. The molecule has 5 atom stereocenters. The molecule has 0 bridgehead atoms. The summed E-state index contributed by atoms with van der Waals surface area (Å²) >= 11 is 0. The number of ether oxygens (including phenoxy) is 2. The molecule has 1 aliphatic heterocycles. The highest BCUT2D eigenvalue weighted by atomic mass is 16.5. The summed E-state index contributed by atoms with van der Waals surface area (Å²) < 4.78 is 11.3. The van der Waals surface area contributed by atoms with E-state index in [-0.39, 0.29) is 12.5 Å². The van der Waals surface area contributed by atoms with Gasteiger partial charge in [0, 0.05) is 30.0 Å². The number of likely N-dealkylation sites (tertiary alicyclic amines) is 1. The van der Waals surface area contributed by atoms with Gasteiger partial charge in [-0.1, -0.05) is 43.0 Å². The Morgan fingerprint density at radius 3 is 2.55 bits per heavy atom. The molecule has 2 aromatic carbocycles.